The summed E-state index contributed by atoms with van der Waals surface area (Å²) in [6, 6.07) is 2.61. The van der Waals surface area contributed by atoms with E-state index in [9.17, 15) is 0 Å². The third-order valence-corrected chi connectivity index (χ3v) is 4.38. The summed E-state index contributed by atoms with van der Waals surface area (Å²) in [6.45, 7) is 7.59. The third kappa shape index (κ3) is 3.80. The maximum Gasteiger partial charge on any atom is 0.0674 e. The molecule has 2 N–H and O–H groups in total. The Labute approximate surface area is 119 Å². The van der Waals surface area contributed by atoms with Crippen molar-refractivity contribution in [3.63, 3.8) is 0 Å². The van der Waals surface area contributed by atoms with Gasteiger partial charge in [-0.05, 0) is 24.8 Å². The third-order valence-electron chi connectivity index (χ3n) is 3.47. The molecule has 0 spiro atoms. The number of nitrogens with two attached hydrogens (primary N) is 1. The molecular formula is C15H22N2OS. The van der Waals surface area contributed by atoms with Crippen LogP contribution in [0.3, 0.4) is 0 Å². The van der Waals surface area contributed by atoms with E-state index in [1.165, 1.54) is 4.88 Å². The van der Waals surface area contributed by atoms with Gasteiger partial charge in [-0.2, -0.15) is 0 Å². The molecule has 3 nitrogen and oxygen atoms in total. The van der Waals surface area contributed by atoms with Gasteiger partial charge >= 0.3 is 0 Å². The Morgan fingerprint density at radius 2 is 2.42 bits per heavy atom. The highest BCUT2D eigenvalue weighted by Crippen LogP contribution is 2.23. The van der Waals surface area contributed by atoms with E-state index < -0.39 is 0 Å². The molecule has 19 heavy (non-hydrogen) atoms. The van der Waals surface area contributed by atoms with Crippen molar-refractivity contribution in [2.75, 3.05) is 19.7 Å². The van der Waals surface area contributed by atoms with Crippen LogP contribution in [-0.4, -0.2) is 36.7 Å². The van der Waals surface area contributed by atoms with Crippen LogP contribution in [0.25, 0.3) is 0 Å². The number of thiophene rings is 1. The molecule has 1 aliphatic heterocycles. The number of morpholine rings is 1. The second kappa shape index (κ2) is 7.06. The van der Waals surface area contributed by atoms with Gasteiger partial charge in [0.15, 0.2) is 0 Å². The highest BCUT2D eigenvalue weighted by atomic mass is 32.1. The first kappa shape index (κ1) is 14.5. The fraction of sp³-hybridized carbons (Fsp3) is 0.600. The molecule has 2 unspecified atom stereocenters. The van der Waals surface area contributed by atoms with Crippen molar-refractivity contribution < 1.29 is 4.74 Å². The number of hydrogen-bond acceptors (Lipinski definition) is 4. The maximum absolute atomic E-state index is 5.74. The predicted octanol–water partition coefficient (Wildman–Crippen LogP) is 2.06. The lowest BCUT2D eigenvalue weighted by atomic mass is 10.1. The van der Waals surface area contributed by atoms with Crippen molar-refractivity contribution in [3.05, 3.63) is 21.9 Å². The topological polar surface area (TPSA) is 38.5 Å². The average molecular weight is 278 g/mol. The normalized spacial score (nSPS) is 23.9. The van der Waals surface area contributed by atoms with Crippen LogP contribution < -0.4 is 5.73 Å². The summed E-state index contributed by atoms with van der Waals surface area (Å²) in [7, 11) is 0. The largest absolute Gasteiger partial charge is 0.376 e. The molecule has 2 atom stereocenters. The van der Waals surface area contributed by atoms with Crippen LogP contribution in [0.1, 0.15) is 30.7 Å². The standard InChI is InChI=1S/C15H22N2OS/c1-3-14-11-18-12(2)9-17(14)10-15-13(5-4-7-16)6-8-19-15/h6,8,12,14H,3,7,9-11,16H2,1-2H3. The number of hydrogen-bond donors (Lipinski definition) is 1. The summed E-state index contributed by atoms with van der Waals surface area (Å²) >= 11 is 1.78. The molecule has 1 aromatic rings. The van der Waals surface area contributed by atoms with Crippen LogP contribution in [0.15, 0.2) is 11.4 Å². The van der Waals surface area contributed by atoms with Gasteiger partial charge in [0.2, 0.25) is 0 Å². The lowest BCUT2D eigenvalue weighted by molar-refractivity contribution is -0.0588. The minimum Gasteiger partial charge on any atom is -0.376 e. The van der Waals surface area contributed by atoms with Crippen molar-refractivity contribution in [1.82, 2.24) is 4.90 Å². The lowest BCUT2D eigenvalue weighted by Gasteiger charge is -2.38. The average Bonchev–Trinajstić information content (AvgIpc) is 2.84. The van der Waals surface area contributed by atoms with Gasteiger partial charge in [-0.15, -0.1) is 11.3 Å². The van der Waals surface area contributed by atoms with Gasteiger partial charge in [-0.25, -0.2) is 0 Å². The molecule has 2 rings (SSSR count). The van der Waals surface area contributed by atoms with Crippen molar-refractivity contribution in [2.45, 2.75) is 39.0 Å². The van der Waals surface area contributed by atoms with E-state index in [2.05, 4.69) is 42.0 Å². The highest BCUT2D eigenvalue weighted by molar-refractivity contribution is 7.10. The van der Waals surface area contributed by atoms with Gasteiger partial charge in [0.25, 0.3) is 0 Å². The van der Waals surface area contributed by atoms with Gasteiger partial charge < -0.3 is 10.5 Å². The quantitative estimate of drug-likeness (QED) is 0.860. The van der Waals surface area contributed by atoms with E-state index in [1.807, 2.05) is 0 Å². The zero-order valence-electron chi connectivity index (χ0n) is 11.7. The Bertz CT molecular complexity index is 460. The van der Waals surface area contributed by atoms with E-state index in [-0.39, 0.29) is 0 Å². The number of nitrogens with zero attached hydrogens (tertiary/aromatic N) is 1. The predicted molar refractivity (Wildman–Crippen MR) is 80.2 cm³/mol. The summed E-state index contributed by atoms with van der Waals surface area (Å²) in [5.74, 6) is 6.11. The summed E-state index contributed by atoms with van der Waals surface area (Å²) in [6.07, 6.45) is 1.45. The molecule has 0 bridgehead atoms. The first-order valence-electron chi connectivity index (χ1n) is 6.85. The smallest absolute Gasteiger partial charge is 0.0674 e. The van der Waals surface area contributed by atoms with Crippen LogP contribution in [-0.2, 0) is 11.3 Å². The molecule has 4 heteroatoms. The van der Waals surface area contributed by atoms with Crippen LogP contribution in [0.4, 0.5) is 0 Å². The molecule has 2 heterocycles. The highest BCUT2D eigenvalue weighted by Gasteiger charge is 2.26. The van der Waals surface area contributed by atoms with Crippen molar-refractivity contribution >= 4 is 11.3 Å². The molecule has 0 radical (unpaired) electrons. The Hall–Kier alpha value is -0.860. The Balaban J connectivity index is 2.08. The van der Waals surface area contributed by atoms with Gasteiger partial charge in [-0.3, -0.25) is 4.90 Å². The van der Waals surface area contributed by atoms with E-state index >= 15 is 0 Å². The van der Waals surface area contributed by atoms with Crippen molar-refractivity contribution in [1.29, 1.82) is 0 Å². The zero-order valence-corrected chi connectivity index (χ0v) is 12.5. The zero-order chi connectivity index (χ0) is 13.7. The van der Waals surface area contributed by atoms with Crippen LogP contribution in [0.2, 0.25) is 0 Å². The molecule has 1 fully saturated rings. The summed E-state index contributed by atoms with van der Waals surface area (Å²) in [4.78, 5) is 3.86. The molecule has 0 amide bonds. The molecule has 1 aliphatic rings. The summed E-state index contributed by atoms with van der Waals surface area (Å²) in [5.41, 5.74) is 6.57. The Morgan fingerprint density at radius 1 is 1.58 bits per heavy atom. The van der Waals surface area contributed by atoms with E-state index in [0.29, 0.717) is 18.7 Å². The van der Waals surface area contributed by atoms with E-state index in [4.69, 9.17) is 10.5 Å². The van der Waals surface area contributed by atoms with Gasteiger partial charge in [-0.1, -0.05) is 18.8 Å². The fourth-order valence-corrected chi connectivity index (χ4v) is 3.24. The molecule has 0 aliphatic carbocycles. The molecule has 1 aromatic heterocycles. The minimum absolute atomic E-state index is 0.321. The molecule has 0 saturated carbocycles. The molecular weight excluding hydrogens is 256 g/mol. The summed E-state index contributed by atoms with van der Waals surface area (Å²) < 4.78 is 5.74. The van der Waals surface area contributed by atoms with Crippen molar-refractivity contribution in [2.24, 2.45) is 5.73 Å². The van der Waals surface area contributed by atoms with Crippen LogP contribution in [0, 0.1) is 11.8 Å². The summed E-state index contributed by atoms with van der Waals surface area (Å²) in [5, 5.41) is 2.11. The van der Waals surface area contributed by atoms with Gasteiger partial charge in [0, 0.05) is 29.6 Å². The molecule has 0 aromatic carbocycles. The SMILES string of the molecule is CCC1COC(C)CN1Cc1sccc1C#CCN. The first-order chi connectivity index (χ1) is 9.24. The second-order valence-corrected chi connectivity index (χ2v) is 5.90. The molecule has 104 valence electrons. The van der Waals surface area contributed by atoms with Crippen LogP contribution >= 0.6 is 11.3 Å². The lowest BCUT2D eigenvalue weighted by Crippen LogP contribution is -2.47. The van der Waals surface area contributed by atoms with Crippen LogP contribution in [0.5, 0.6) is 0 Å². The second-order valence-electron chi connectivity index (χ2n) is 4.90. The van der Waals surface area contributed by atoms with Gasteiger partial charge in [0.1, 0.15) is 0 Å². The Morgan fingerprint density at radius 3 is 3.16 bits per heavy atom. The molecule has 1 saturated heterocycles. The number of rotatable bonds is 3. The minimum atomic E-state index is 0.321. The van der Waals surface area contributed by atoms with E-state index in [1.54, 1.807) is 11.3 Å². The van der Waals surface area contributed by atoms with E-state index in [0.717, 1.165) is 31.7 Å². The first-order valence-corrected chi connectivity index (χ1v) is 7.73. The fourth-order valence-electron chi connectivity index (χ4n) is 2.39. The van der Waals surface area contributed by atoms with Gasteiger partial charge in [0.05, 0.1) is 19.3 Å². The monoisotopic (exact) mass is 278 g/mol. The Kier molecular flexibility index (Phi) is 5.41. The van der Waals surface area contributed by atoms with Crippen molar-refractivity contribution in [3.8, 4) is 11.8 Å². The maximum atomic E-state index is 5.74. The number of ether oxygens (including phenoxy) is 1.